The summed E-state index contributed by atoms with van der Waals surface area (Å²) in [4.78, 5) is 26.5. The number of carbonyl (C=O) groups is 1. The van der Waals surface area contributed by atoms with Crippen LogP contribution in [0, 0.1) is 13.8 Å². The minimum absolute atomic E-state index is 0.178. The monoisotopic (exact) mass is 499 g/mol. The number of nitrogens with zero attached hydrogens (tertiary/aromatic N) is 4. The van der Waals surface area contributed by atoms with E-state index in [0.717, 1.165) is 11.1 Å². The summed E-state index contributed by atoms with van der Waals surface area (Å²) in [6.45, 7) is 5.75. The van der Waals surface area contributed by atoms with Crippen molar-refractivity contribution in [3.63, 3.8) is 0 Å². The number of nitrogens with one attached hydrogen (secondary N) is 1. The van der Waals surface area contributed by atoms with Crippen LogP contribution in [0.2, 0.25) is 0 Å². The molecule has 2 heterocycles. The molecule has 0 aliphatic carbocycles. The molecule has 0 bridgehead atoms. The fraction of sp³-hybridized carbons (Fsp3) is 0.185. The molecular weight excluding hydrogens is 474 g/mol. The van der Waals surface area contributed by atoms with Crippen LogP contribution in [0.4, 0.5) is 5.69 Å². The SMILES string of the molecule is COc1ccc(C)cc1NC(=O)C(C)Sc1nnc2n(-c3ccc(C)cc3)c(=O)c3ccccc3n12. The Morgan fingerprint density at radius 2 is 1.72 bits per heavy atom. The molecule has 0 fully saturated rings. The molecule has 9 heteroatoms. The molecule has 2 aromatic heterocycles. The number of hydrogen-bond acceptors (Lipinski definition) is 6. The van der Waals surface area contributed by atoms with Gasteiger partial charge in [0.2, 0.25) is 11.7 Å². The van der Waals surface area contributed by atoms with Crippen LogP contribution in [0.1, 0.15) is 18.1 Å². The number of fused-ring (bicyclic) bond motifs is 3. The molecule has 3 aromatic carbocycles. The maximum Gasteiger partial charge on any atom is 0.267 e. The molecular formula is C27H25N5O3S. The number of methoxy groups -OCH3 is 1. The molecule has 8 nitrogen and oxygen atoms in total. The van der Waals surface area contributed by atoms with E-state index in [2.05, 4.69) is 15.5 Å². The zero-order valence-corrected chi connectivity index (χ0v) is 21.2. The fourth-order valence-electron chi connectivity index (χ4n) is 4.05. The van der Waals surface area contributed by atoms with Crippen molar-refractivity contribution >= 4 is 40.0 Å². The number of rotatable bonds is 6. The highest BCUT2D eigenvalue weighted by molar-refractivity contribution is 8.00. The van der Waals surface area contributed by atoms with Crippen molar-refractivity contribution < 1.29 is 9.53 Å². The predicted octanol–water partition coefficient (Wildman–Crippen LogP) is 4.78. The lowest BCUT2D eigenvalue weighted by Crippen LogP contribution is -2.24. The number of benzene rings is 3. The second kappa shape index (κ2) is 9.50. The average molecular weight is 500 g/mol. The van der Waals surface area contributed by atoms with Crippen LogP contribution in [0.5, 0.6) is 5.75 Å². The van der Waals surface area contributed by atoms with Crippen LogP contribution in [0.15, 0.2) is 76.7 Å². The molecule has 0 saturated carbocycles. The summed E-state index contributed by atoms with van der Waals surface area (Å²) >= 11 is 1.27. The standard InChI is InChI=1S/C27H25N5O3S/c1-16-9-12-19(13-10-16)31-25(34)20-7-5-6-8-22(20)32-26(31)29-30-27(32)36-18(3)24(33)28-21-15-17(2)11-14-23(21)35-4/h5-15,18H,1-4H3,(H,28,33). The Labute approximate surface area is 211 Å². The molecule has 0 saturated heterocycles. The maximum atomic E-state index is 13.5. The van der Waals surface area contributed by atoms with Crippen LogP contribution in [-0.2, 0) is 4.79 Å². The molecule has 182 valence electrons. The molecule has 0 aliphatic rings. The maximum absolute atomic E-state index is 13.5. The van der Waals surface area contributed by atoms with Crippen LogP contribution in [0.25, 0.3) is 22.4 Å². The Kier molecular flexibility index (Phi) is 6.24. The highest BCUT2D eigenvalue weighted by Gasteiger charge is 2.23. The van der Waals surface area contributed by atoms with Crippen LogP contribution < -0.4 is 15.6 Å². The van der Waals surface area contributed by atoms with Gasteiger partial charge in [0.15, 0.2) is 5.16 Å². The largest absolute Gasteiger partial charge is 0.495 e. The molecule has 5 aromatic rings. The molecule has 0 radical (unpaired) electrons. The van der Waals surface area contributed by atoms with Gasteiger partial charge < -0.3 is 10.1 Å². The molecule has 5 rings (SSSR count). The molecule has 36 heavy (non-hydrogen) atoms. The number of aryl methyl sites for hydroxylation is 2. The molecule has 1 unspecified atom stereocenters. The van der Waals surface area contributed by atoms with Crippen molar-refractivity contribution in [3.05, 3.63) is 88.2 Å². The zero-order chi connectivity index (χ0) is 25.4. The van der Waals surface area contributed by atoms with Gasteiger partial charge in [0.1, 0.15) is 5.75 Å². The Morgan fingerprint density at radius 3 is 2.47 bits per heavy atom. The van der Waals surface area contributed by atoms with E-state index in [9.17, 15) is 9.59 Å². The third-order valence-corrected chi connectivity index (χ3v) is 6.99. The van der Waals surface area contributed by atoms with E-state index in [4.69, 9.17) is 4.74 Å². The molecule has 1 N–H and O–H groups in total. The van der Waals surface area contributed by atoms with E-state index < -0.39 is 5.25 Å². The molecule has 0 spiro atoms. The van der Waals surface area contributed by atoms with E-state index >= 15 is 0 Å². The first-order chi connectivity index (χ1) is 17.4. The predicted molar refractivity (Wildman–Crippen MR) is 143 cm³/mol. The Hall–Kier alpha value is -4.11. The van der Waals surface area contributed by atoms with Gasteiger partial charge in [-0.2, -0.15) is 0 Å². The van der Waals surface area contributed by atoms with Crippen molar-refractivity contribution in [1.82, 2.24) is 19.2 Å². The number of aromatic nitrogens is 4. The number of para-hydroxylation sites is 1. The third kappa shape index (κ3) is 4.22. The minimum Gasteiger partial charge on any atom is -0.495 e. The van der Waals surface area contributed by atoms with Gasteiger partial charge in [0.25, 0.3) is 5.56 Å². The Bertz CT molecular complexity index is 1660. The van der Waals surface area contributed by atoms with Gasteiger partial charge in [0, 0.05) is 0 Å². The average Bonchev–Trinajstić information content (AvgIpc) is 3.28. The van der Waals surface area contributed by atoms with E-state index in [0.29, 0.717) is 39.0 Å². The first-order valence-electron chi connectivity index (χ1n) is 11.5. The van der Waals surface area contributed by atoms with Crippen molar-refractivity contribution in [2.24, 2.45) is 0 Å². The lowest BCUT2D eigenvalue weighted by atomic mass is 10.2. The highest BCUT2D eigenvalue weighted by Crippen LogP contribution is 2.29. The fourth-order valence-corrected chi connectivity index (χ4v) is 4.90. The normalized spacial score (nSPS) is 12.1. The van der Waals surface area contributed by atoms with Crippen LogP contribution in [-0.4, -0.2) is 37.4 Å². The Balaban J connectivity index is 1.56. The summed E-state index contributed by atoms with van der Waals surface area (Å²) < 4.78 is 8.77. The Morgan fingerprint density at radius 1 is 1.00 bits per heavy atom. The highest BCUT2D eigenvalue weighted by atomic mass is 32.2. The van der Waals surface area contributed by atoms with E-state index in [1.165, 1.54) is 11.8 Å². The van der Waals surface area contributed by atoms with Gasteiger partial charge in [-0.25, -0.2) is 4.57 Å². The second-order valence-electron chi connectivity index (χ2n) is 8.56. The quantitative estimate of drug-likeness (QED) is 0.338. The number of thioether (sulfide) groups is 1. The summed E-state index contributed by atoms with van der Waals surface area (Å²) in [5.41, 5.74) is 3.91. The molecule has 0 aliphatic heterocycles. The van der Waals surface area contributed by atoms with Crippen LogP contribution >= 0.6 is 11.8 Å². The molecule has 1 amide bonds. The number of carbonyl (C=O) groups excluding carboxylic acids is 1. The smallest absolute Gasteiger partial charge is 0.267 e. The van der Waals surface area contributed by atoms with Crippen molar-refractivity contribution in [2.75, 3.05) is 12.4 Å². The summed E-state index contributed by atoms with van der Waals surface area (Å²) in [5, 5.41) is 12.3. The minimum atomic E-state index is -0.499. The summed E-state index contributed by atoms with van der Waals surface area (Å²) in [5.74, 6) is 0.780. The lowest BCUT2D eigenvalue weighted by Gasteiger charge is -2.15. The number of ether oxygens (including phenoxy) is 1. The summed E-state index contributed by atoms with van der Waals surface area (Å²) in [6.07, 6.45) is 0. The van der Waals surface area contributed by atoms with E-state index in [1.54, 1.807) is 17.7 Å². The summed E-state index contributed by atoms with van der Waals surface area (Å²) in [6, 6.07) is 20.6. The van der Waals surface area contributed by atoms with Gasteiger partial charge in [-0.1, -0.05) is 47.7 Å². The van der Waals surface area contributed by atoms with Gasteiger partial charge >= 0.3 is 0 Å². The lowest BCUT2D eigenvalue weighted by molar-refractivity contribution is -0.115. The van der Waals surface area contributed by atoms with Crippen molar-refractivity contribution in [3.8, 4) is 11.4 Å². The second-order valence-corrected chi connectivity index (χ2v) is 9.87. The summed E-state index contributed by atoms with van der Waals surface area (Å²) in [7, 11) is 1.57. The third-order valence-electron chi connectivity index (χ3n) is 5.95. The van der Waals surface area contributed by atoms with E-state index in [1.807, 2.05) is 85.8 Å². The number of hydrogen-bond donors (Lipinski definition) is 1. The zero-order valence-electron chi connectivity index (χ0n) is 20.4. The van der Waals surface area contributed by atoms with Gasteiger partial charge in [0.05, 0.1) is 34.6 Å². The van der Waals surface area contributed by atoms with Crippen molar-refractivity contribution in [2.45, 2.75) is 31.2 Å². The number of anilines is 1. The van der Waals surface area contributed by atoms with Gasteiger partial charge in [-0.3, -0.25) is 14.0 Å². The van der Waals surface area contributed by atoms with Crippen molar-refractivity contribution in [1.29, 1.82) is 0 Å². The van der Waals surface area contributed by atoms with Gasteiger partial charge in [-0.15, -0.1) is 10.2 Å². The molecule has 1 atom stereocenters. The first-order valence-corrected chi connectivity index (χ1v) is 12.3. The topological polar surface area (TPSA) is 90.5 Å². The number of amides is 1. The first kappa shape index (κ1) is 23.6. The van der Waals surface area contributed by atoms with Gasteiger partial charge in [-0.05, 0) is 62.7 Å². The van der Waals surface area contributed by atoms with E-state index in [-0.39, 0.29) is 11.5 Å². The van der Waals surface area contributed by atoms with Crippen LogP contribution in [0.3, 0.4) is 0 Å².